The number of carbonyl (C=O) groups excluding carboxylic acids is 8. The zero-order valence-corrected chi connectivity index (χ0v) is 34.0. The Bertz CT molecular complexity index is 1380. The van der Waals surface area contributed by atoms with E-state index in [1.165, 1.54) is 4.90 Å². The van der Waals surface area contributed by atoms with Crippen LogP contribution in [-0.2, 0) is 47.8 Å². The SMILES string of the molecule is CCCC(NC(=O)[C@@H]1C[C@@H](OC(C)(C)C)CN1C(=O)[C@@H](NC(=O)OCC(C)C)C1CCCCC1)C(=O)C(=O)NCC(=O)N[C@H](CC(=O)OC(C)(C)C)C(N)=O. The molecule has 5 atom stereocenters. The zero-order chi connectivity index (χ0) is 41.7. The molecule has 0 spiro atoms. The summed E-state index contributed by atoms with van der Waals surface area (Å²) in [4.78, 5) is 106. The van der Waals surface area contributed by atoms with Gasteiger partial charge in [0.25, 0.3) is 5.91 Å². The van der Waals surface area contributed by atoms with Crippen molar-refractivity contribution in [3.8, 4) is 0 Å². The topological polar surface area (TPSA) is 242 Å². The van der Waals surface area contributed by atoms with Crippen molar-refractivity contribution < 1.29 is 52.6 Å². The quantitative estimate of drug-likeness (QED) is 0.0992. The number of carbonyl (C=O) groups is 8. The van der Waals surface area contributed by atoms with E-state index in [9.17, 15) is 38.4 Å². The minimum atomic E-state index is -1.43. The Balaban J connectivity index is 2.22. The fourth-order valence-corrected chi connectivity index (χ4v) is 6.56. The van der Waals surface area contributed by atoms with Gasteiger partial charge in [-0.15, -0.1) is 0 Å². The molecule has 1 aliphatic heterocycles. The van der Waals surface area contributed by atoms with E-state index < -0.39 is 102 Å². The van der Waals surface area contributed by atoms with Gasteiger partial charge in [-0.2, -0.15) is 0 Å². The number of hydrogen-bond acceptors (Lipinski definition) is 11. The second-order valence-electron chi connectivity index (χ2n) is 16.8. The summed E-state index contributed by atoms with van der Waals surface area (Å²) in [7, 11) is 0. The normalized spacial score (nSPS) is 19.4. The number of hydrogen-bond donors (Lipinski definition) is 5. The molecule has 2 aliphatic rings. The third-order valence-electron chi connectivity index (χ3n) is 8.89. The lowest BCUT2D eigenvalue weighted by atomic mass is 9.83. The van der Waals surface area contributed by atoms with Crippen LogP contribution in [0.4, 0.5) is 4.79 Å². The van der Waals surface area contributed by atoms with Gasteiger partial charge in [-0.05, 0) is 72.6 Å². The fraction of sp³-hybridized carbons (Fsp3) is 0.789. The summed E-state index contributed by atoms with van der Waals surface area (Å²) in [6, 6.07) is -4.77. The number of ketones is 1. The van der Waals surface area contributed by atoms with Crippen LogP contribution in [0.2, 0.25) is 0 Å². The van der Waals surface area contributed by atoms with E-state index in [1.54, 1.807) is 27.7 Å². The maximum atomic E-state index is 14.4. The van der Waals surface area contributed by atoms with Crippen LogP contribution in [0.3, 0.4) is 0 Å². The first kappa shape index (κ1) is 46.9. The van der Waals surface area contributed by atoms with Crippen molar-refractivity contribution in [1.29, 1.82) is 0 Å². The number of likely N-dealkylation sites (tertiary alicyclic amines) is 1. The summed E-state index contributed by atoms with van der Waals surface area (Å²) in [5, 5.41) is 9.87. The zero-order valence-electron chi connectivity index (χ0n) is 34.0. The number of primary amides is 1. The summed E-state index contributed by atoms with van der Waals surface area (Å²) in [6.45, 7) is 15.5. The predicted molar refractivity (Wildman–Crippen MR) is 201 cm³/mol. The molecule has 0 aromatic carbocycles. The largest absolute Gasteiger partial charge is 0.460 e. The second kappa shape index (κ2) is 21.1. The van der Waals surface area contributed by atoms with Crippen LogP contribution in [-0.4, -0.2) is 113 Å². The average molecular weight is 781 g/mol. The molecule has 0 aromatic heterocycles. The summed E-state index contributed by atoms with van der Waals surface area (Å²) >= 11 is 0. The first-order valence-corrected chi connectivity index (χ1v) is 19.4. The molecule has 0 aromatic rings. The number of esters is 1. The van der Waals surface area contributed by atoms with E-state index in [0.717, 1.165) is 19.3 Å². The smallest absolute Gasteiger partial charge is 0.407 e. The van der Waals surface area contributed by atoms with Crippen LogP contribution < -0.4 is 27.0 Å². The first-order valence-electron chi connectivity index (χ1n) is 19.4. The van der Waals surface area contributed by atoms with Crippen molar-refractivity contribution >= 4 is 47.4 Å². The van der Waals surface area contributed by atoms with Gasteiger partial charge in [0.15, 0.2) is 0 Å². The van der Waals surface area contributed by atoms with Crippen LogP contribution in [0.15, 0.2) is 0 Å². The van der Waals surface area contributed by atoms with Gasteiger partial charge in [0, 0.05) is 13.0 Å². The van der Waals surface area contributed by atoms with Crippen molar-refractivity contribution in [3.05, 3.63) is 0 Å². The minimum Gasteiger partial charge on any atom is -0.460 e. The number of amides is 6. The second-order valence-corrected chi connectivity index (χ2v) is 16.8. The molecule has 1 heterocycles. The summed E-state index contributed by atoms with van der Waals surface area (Å²) < 4.78 is 16.7. The molecule has 6 amide bonds. The molecule has 17 nitrogen and oxygen atoms in total. The van der Waals surface area contributed by atoms with Gasteiger partial charge in [-0.25, -0.2) is 4.79 Å². The number of ether oxygens (including phenoxy) is 3. The van der Waals surface area contributed by atoms with E-state index in [0.29, 0.717) is 19.3 Å². The standard InChI is InChI=1S/C38H64N6O11/c1-10-14-25(31(47)34(50)40-19-28(45)41-26(32(39)48)18-29(46)55-38(7,8)9)42-33(49)27-17-24(54-37(4,5)6)20-44(27)35(51)30(23-15-12-11-13-16-23)43-36(52)53-21-22(2)3/h22-27,30H,10-21H2,1-9H3,(H2,39,48)(H,40,50)(H,41,45)(H,42,49)(H,43,52)/t24-,25?,26-,27+,30+/m1/s1. The molecule has 2 rings (SSSR count). The van der Waals surface area contributed by atoms with E-state index >= 15 is 0 Å². The molecule has 1 saturated heterocycles. The van der Waals surface area contributed by atoms with Crippen LogP contribution in [0.25, 0.3) is 0 Å². The third-order valence-corrected chi connectivity index (χ3v) is 8.89. The lowest BCUT2D eigenvalue weighted by Gasteiger charge is -2.34. The molecule has 1 unspecified atom stereocenters. The molecule has 1 saturated carbocycles. The molecule has 312 valence electrons. The Morgan fingerprint density at radius 2 is 1.49 bits per heavy atom. The number of nitrogens with zero attached hydrogens (tertiary/aromatic N) is 1. The Hall–Kier alpha value is -4.28. The lowest BCUT2D eigenvalue weighted by molar-refractivity contribution is -0.156. The Morgan fingerprint density at radius 3 is 2.04 bits per heavy atom. The van der Waals surface area contributed by atoms with Crippen molar-refractivity contribution in [1.82, 2.24) is 26.2 Å². The number of alkyl carbamates (subject to hydrolysis) is 1. The maximum Gasteiger partial charge on any atom is 0.407 e. The van der Waals surface area contributed by atoms with Gasteiger partial charge < -0.3 is 46.1 Å². The van der Waals surface area contributed by atoms with Crippen LogP contribution in [0, 0.1) is 11.8 Å². The molecule has 17 heteroatoms. The average Bonchev–Trinajstić information content (AvgIpc) is 3.49. The highest BCUT2D eigenvalue weighted by atomic mass is 16.6. The summed E-state index contributed by atoms with van der Waals surface area (Å²) in [5.74, 6) is -6.12. The monoisotopic (exact) mass is 780 g/mol. The number of Topliss-reactive ketones (excluding diaryl/α,β-unsaturated/α-hetero) is 1. The highest BCUT2D eigenvalue weighted by molar-refractivity contribution is 6.38. The summed E-state index contributed by atoms with van der Waals surface area (Å²) in [5.41, 5.74) is 3.89. The van der Waals surface area contributed by atoms with E-state index in [4.69, 9.17) is 19.9 Å². The van der Waals surface area contributed by atoms with E-state index in [-0.39, 0.29) is 37.8 Å². The van der Waals surface area contributed by atoms with Gasteiger partial charge in [-0.1, -0.05) is 46.5 Å². The minimum absolute atomic E-state index is 0.0579. The lowest BCUT2D eigenvalue weighted by Crippen LogP contribution is -2.58. The Kier molecular flexibility index (Phi) is 18.0. The molecule has 1 aliphatic carbocycles. The number of rotatable bonds is 18. The maximum absolute atomic E-state index is 14.4. The highest BCUT2D eigenvalue weighted by Crippen LogP contribution is 2.31. The van der Waals surface area contributed by atoms with Gasteiger partial charge >= 0.3 is 12.1 Å². The first-order chi connectivity index (χ1) is 25.5. The van der Waals surface area contributed by atoms with Crippen molar-refractivity contribution in [3.63, 3.8) is 0 Å². The third kappa shape index (κ3) is 16.5. The molecular formula is C38H64N6O11. The molecule has 6 N–H and O–H groups in total. The van der Waals surface area contributed by atoms with E-state index in [1.807, 2.05) is 34.6 Å². The fourth-order valence-electron chi connectivity index (χ4n) is 6.56. The molecule has 2 fully saturated rings. The van der Waals surface area contributed by atoms with Gasteiger partial charge in [0.1, 0.15) is 23.7 Å². The molecular weight excluding hydrogens is 716 g/mol. The number of nitrogens with one attached hydrogen (secondary N) is 4. The Morgan fingerprint density at radius 1 is 0.855 bits per heavy atom. The van der Waals surface area contributed by atoms with Crippen LogP contribution >= 0.6 is 0 Å². The summed E-state index contributed by atoms with van der Waals surface area (Å²) in [6.07, 6.45) is 2.97. The molecule has 55 heavy (non-hydrogen) atoms. The Labute approximate surface area is 324 Å². The molecule has 0 bridgehead atoms. The highest BCUT2D eigenvalue weighted by Gasteiger charge is 2.46. The van der Waals surface area contributed by atoms with Crippen molar-refractivity contribution in [2.75, 3.05) is 19.7 Å². The van der Waals surface area contributed by atoms with Crippen molar-refractivity contribution in [2.24, 2.45) is 17.6 Å². The van der Waals surface area contributed by atoms with Gasteiger partial charge in [0.05, 0.1) is 37.3 Å². The van der Waals surface area contributed by atoms with Crippen LogP contribution in [0.1, 0.15) is 120 Å². The van der Waals surface area contributed by atoms with E-state index in [2.05, 4.69) is 21.3 Å². The number of nitrogens with two attached hydrogens (primary N) is 1. The van der Waals surface area contributed by atoms with Crippen LogP contribution in [0.5, 0.6) is 0 Å². The van der Waals surface area contributed by atoms with Crippen molar-refractivity contribution in [2.45, 2.75) is 162 Å². The molecule has 0 radical (unpaired) electrons. The van der Waals surface area contributed by atoms with Gasteiger partial charge in [0.2, 0.25) is 29.4 Å². The predicted octanol–water partition coefficient (Wildman–Crippen LogP) is 1.77. The van der Waals surface area contributed by atoms with Gasteiger partial charge in [-0.3, -0.25) is 33.6 Å².